The van der Waals surface area contributed by atoms with Crippen molar-refractivity contribution >= 4 is 17.9 Å². The van der Waals surface area contributed by atoms with Crippen molar-refractivity contribution in [3.05, 3.63) is 119 Å². The van der Waals surface area contributed by atoms with Crippen LogP contribution in [0.25, 0.3) is 0 Å². The molecule has 0 saturated carbocycles. The average molecular weight is 847 g/mol. The quantitative estimate of drug-likeness (QED) is 0.0258. The second-order valence-electron chi connectivity index (χ2n) is 17.3. The minimum atomic E-state index is -1.22. The molecule has 0 bridgehead atoms. The number of ether oxygens (including phenoxy) is 3. The molecular weight excluding hydrogens is 769 g/mol. The number of benzene rings is 3. The van der Waals surface area contributed by atoms with Crippen molar-refractivity contribution in [1.29, 1.82) is 0 Å². The van der Waals surface area contributed by atoms with Crippen molar-refractivity contribution < 1.29 is 28.6 Å². The summed E-state index contributed by atoms with van der Waals surface area (Å²) in [7, 11) is 0. The zero-order valence-electron chi connectivity index (χ0n) is 38.5. The first-order valence-corrected chi connectivity index (χ1v) is 24.7. The van der Waals surface area contributed by atoms with Crippen LogP contribution >= 0.6 is 0 Å². The summed E-state index contributed by atoms with van der Waals surface area (Å²) in [5.74, 6) is 0.00210. The molecule has 0 atom stereocenters. The number of esters is 3. The van der Waals surface area contributed by atoms with Crippen LogP contribution in [0.15, 0.2) is 97.1 Å². The van der Waals surface area contributed by atoms with Crippen molar-refractivity contribution in [2.24, 2.45) is 0 Å². The SMILES string of the molecule is CCCCCCCCC=CCCCCCCCC(=O)Oc1ccc(C2(c3ccc(OC(=O)CCCCCCCC=CCCCCCCCC)cc3)OC(=O)c3ccccc32)cc1. The van der Waals surface area contributed by atoms with Gasteiger partial charge in [0.05, 0.1) is 5.56 Å². The van der Waals surface area contributed by atoms with Gasteiger partial charge in [-0.1, -0.05) is 183 Å². The zero-order valence-corrected chi connectivity index (χ0v) is 38.5. The van der Waals surface area contributed by atoms with E-state index < -0.39 is 11.6 Å². The van der Waals surface area contributed by atoms with Gasteiger partial charge in [-0.3, -0.25) is 9.59 Å². The van der Waals surface area contributed by atoms with E-state index in [0.717, 1.165) is 68.1 Å². The number of cyclic esters (lactones) is 1. The Hall–Kier alpha value is -4.45. The van der Waals surface area contributed by atoms with Crippen LogP contribution in [-0.2, 0) is 19.9 Å². The molecule has 4 rings (SSSR count). The third kappa shape index (κ3) is 18.1. The predicted molar refractivity (Wildman–Crippen MR) is 255 cm³/mol. The molecule has 0 N–H and O–H groups in total. The molecule has 1 aliphatic rings. The highest BCUT2D eigenvalue weighted by molar-refractivity contribution is 5.96. The third-order valence-electron chi connectivity index (χ3n) is 12.0. The number of hydrogen-bond donors (Lipinski definition) is 0. The van der Waals surface area contributed by atoms with Gasteiger partial charge in [-0.2, -0.15) is 0 Å². The average Bonchev–Trinajstić information content (AvgIpc) is 3.59. The number of rotatable bonds is 34. The smallest absolute Gasteiger partial charge is 0.340 e. The summed E-state index contributed by atoms with van der Waals surface area (Å²) >= 11 is 0. The molecule has 0 unspecified atom stereocenters. The van der Waals surface area contributed by atoms with E-state index in [9.17, 15) is 14.4 Å². The molecule has 3 aromatic rings. The van der Waals surface area contributed by atoms with E-state index >= 15 is 0 Å². The Morgan fingerprint density at radius 1 is 0.468 bits per heavy atom. The van der Waals surface area contributed by atoms with E-state index in [0.29, 0.717) is 29.9 Å². The van der Waals surface area contributed by atoms with Gasteiger partial charge in [-0.05, 0) is 94.5 Å². The molecule has 6 heteroatoms. The molecule has 0 amide bonds. The molecule has 0 aromatic heterocycles. The maximum Gasteiger partial charge on any atom is 0.340 e. The van der Waals surface area contributed by atoms with Crippen molar-refractivity contribution in [2.75, 3.05) is 0 Å². The molecule has 0 fully saturated rings. The standard InChI is InChI=1S/C56H78O6/c1-3-5-7-9-11-13-15-17-19-21-23-25-27-29-31-37-53(57)60-49-43-39-47(40-44-49)56(52-36-34-33-35-51(52)55(59)62-56)48-41-45-50(46-42-48)61-54(58)38-32-30-28-26-24-22-20-18-16-14-12-10-8-6-4-2/h17-20,33-36,39-46H,3-16,21-32,37-38H2,1-2H3. The molecule has 1 heterocycles. The van der Waals surface area contributed by atoms with Crippen LogP contribution < -0.4 is 9.47 Å². The van der Waals surface area contributed by atoms with Gasteiger partial charge in [-0.15, -0.1) is 0 Å². The van der Waals surface area contributed by atoms with Crippen molar-refractivity contribution in [3.63, 3.8) is 0 Å². The molecule has 6 nitrogen and oxygen atoms in total. The molecular formula is C56H78O6. The lowest BCUT2D eigenvalue weighted by Crippen LogP contribution is -2.29. The topological polar surface area (TPSA) is 78.9 Å². The zero-order chi connectivity index (χ0) is 43.9. The molecule has 62 heavy (non-hydrogen) atoms. The lowest BCUT2D eigenvalue weighted by atomic mass is 9.80. The van der Waals surface area contributed by atoms with Gasteiger partial charge in [-0.25, -0.2) is 4.79 Å². The highest BCUT2D eigenvalue weighted by Crippen LogP contribution is 2.47. The Morgan fingerprint density at radius 2 is 0.823 bits per heavy atom. The Bertz CT molecular complexity index is 1660. The van der Waals surface area contributed by atoms with Crippen LogP contribution in [0.4, 0.5) is 0 Å². The Morgan fingerprint density at radius 3 is 1.23 bits per heavy atom. The van der Waals surface area contributed by atoms with Crippen LogP contribution in [0.1, 0.15) is 221 Å². The summed E-state index contributed by atoms with van der Waals surface area (Å²) < 4.78 is 17.7. The van der Waals surface area contributed by atoms with E-state index in [1.54, 1.807) is 30.3 Å². The van der Waals surface area contributed by atoms with E-state index in [2.05, 4.69) is 38.2 Å². The summed E-state index contributed by atoms with van der Waals surface area (Å²) in [6.07, 6.45) is 41.6. The number of unbranched alkanes of at least 4 members (excludes halogenated alkanes) is 22. The van der Waals surface area contributed by atoms with Gasteiger partial charge in [0.25, 0.3) is 0 Å². The number of carbonyl (C=O) groups excluding carboxylic acids is 3. The minimum absolute atomic E-state index is 0.245. The third-order valence-corrected chi connectivity index (χ3v) is 12.0. The van der Waals surface area contributed by atoms with E-state index in [1.807, 2.05) is 42.5 Å². The molecule has 0 saturated heterocycles. The highest BCUT2D eigenvalue weighted by Gasteiger charge is 2.48. The van der Waals surface area contributed by atoms with Crippen LogP contribution in [-0.4, -0.2) is 17.9 Å². The fourth-order valence-corrected chi connectivity index (χ4v) is 8.37. The van der Waals surface area contributed by atoms with Crippen molar-refractivity contribution in [2.45, 2.75) is 199 Å². The number of fused-ring (bicyclic) bond motifs is 1. The summed E-state index contributed by atoms with van der Waals surface area (Å²) in [6, 6.07) is 21.8. The van der Waals surface area contributed by atoms with E-state index in [1.165, 1.54) is 116 Å². The van der Waals surface area contributed by atoms with Gasteiger partial charge in [0, 0.05) is 29.5 Å². The van der Waals surface area contributed by atoms with Crippen LogP contribution in [0.2, 0.25) is 0 Å². The van der Waals surface area contributed by atoms with Crippen molar-refractivity contribution in [1.82, 2.24) is 0 Å². The lowest BCUT2D eigenvalue weighted by molar-refractivity contribution is -0.135. The highest BCUT2D eigenvalue weighted by atomic mass is 16.6. The summed E-state index contributed by atoms with van der Waals surface area (Å²) in [6.45, 7) is 4.52. The summed E-state index contributed by atoms with van der Waals surface area (Å²) in [5, 5.41) is 0. The molecule has 3 aromatic carbocycles. The normalized spacial score (nSPS) is 14.7. The monoisotopic (exact) mass is 847 g/mol. The lowest BCUT2D eigenvalue weighted by Gasteiger charge is -2.30. The van der Waals surface area contributed by atoms with E-state index in [4.69, 9.17) is 14.2 Å². The van der Waals surface area contributed by atoms with Crippen LogP contribution in [0, 0.1) is 0 Å². The largest absolute Gasteiger partial charge is 0.441 e. The molecule has 1 aliphatic heterocycles. The first-order valence-electron chi connectivity index (χ1n) is 24.7. The van der Waals surface area contributed by atoms with Crippen LogP contribution in [0.5, 0.6) is 11.5 Å². The molecule has 338 valence electrons. The Labute approximate surface area is 375 Å². The van der Waals surface area contributed by atoms with Gasteiger partial charge in [0.2, 0.25) is 0 Å². The minimum Gasteiger partial charge on any atom is -0.441 e. The summed E-state index contributed by atoms with van der Waals surface area (Å²) in [5.41, 5.74) is 1.46. The summed E-state index contributed by atoms with van der Waals surface area (Å²) in [4.78, 5) is 38.7. The molecule has 0 spiro atoms. The first-order chi connectivity index (χ1) is 30.5. The van der Waals surface area contributed by atoms with E-state index in [-0.39, 0.29) is 11.9 Å². The van der Waals surface area contributed by atoms with Gasteiger partial charge in [0.1, 0.15) is 11.5 Å². The second kappa shape index (κ2) is 30.6. The number of carbonyl (C=O) groups is 3. The maximum atomic E-state index is 13.2. The first kappa shape index (κ1) is 50.2. The van der Waals surface area contributed by atoms with Gasteiger partial charge in [0.15, 0.2) is 5.60 Å². The van der Waals surface area contributed by atoms with Crippen molar-refractivity contribution in [3.8, 4) is 11.5 Å². The molecule has 0 aliphatic carbocycles. The number of allylic oxidation sites excluding steroid dienone is 4. The van der Waals surface area contributed by atoms with Crippen LogP contribution in [0.3, 0.4) is 0 Å². The number of hydrogen-bond acceptors (Lipinski definition) is 6. The van der Waals surface area contributed by atoms with Gasteiger partial charge < -0.3 is 14.2 Å². The Kier molecular flexibility index (Phi) is 24.8. The fraction of sp³-hybridized carbons (Fsp3) is 0.554. The fourth-order valence-electron chi connectivity index (χ4n) is 8.37. The molecule has 0 radical (unpaired) electrons. The van der Waals surface area contributed by atoms with Gasteiger partial charge >= 0.3 is 17.9 Å². The Balaban J connectivity index is 1.18. The predicted octanol–water partition coefficient (Wildman–Crippen LogP) is 16.0. The second-order valence-corrected chi connectivity index (χ2v) is 17.3. The maximum absolute atomic E-state index is 13.2.